The zero-order valence-electron chi connectivity index (χ0n) is 16.5. The summed E-state index contributed by atoms with van der Waals surface area (Å²) >= 11 is 0. The predicted molar refractivity (Wildman–Crippen MR) is 113 cm³/mol. The van der Waals surface area contributed by atoms with Crippen molar-refractivity contribution in [1.82, 2.24) is 19.9 Å². The van der Waals surface area contributed by atoms with Gasteiger partial charge in [-0.3, -0.25) is 4.90 Å². The fourth-order valence-electron chi connectivity index (χ4n) is 3.09. The molecule has 156 valence electrons. The molecule has 0 bridgehead atoms. The molecule has 9 heteroatoms. The number of anilines is 2. The second-order valence-corrected chi connectivity index (χ2v) is 6.80. The fourth-order valence-corrected chi connectivity index (χ4v) is 3.09. The largest absolute Gasteiger partial charge is 0.492 e. The molecule has 2 N–H and O–H groups in total. The summed E-state index contributed by atoms with van der Waals surface area (Å²) in [5, 5.41) is 13.3. The highest BCUT2D eigenvalue weighted by molar-refractivity contribution is 5.99. The number of urea groups is 1. The molecule has 1 saturated heterocycles. The van der Waals surface area contributed by atoms with Gasteiger partial charge in [0.05, 0.1) is 31.3 Å². The Morgan fingerprint density at radius 3 is 2.30 bits per heavy atom. The molecule has 1 aliphatic heterocycles. The van der Waals surface area contributed by atoms with E-state index < -0.39 is 0 Å². The summed E-state index contributed by atoms with van der Waals surface area (Å²) in [5.74, 6) is 0.776. The Labute approximate surface area is 174 Å². The van der Waals surface area contributed by atoms with E-state index in [0.29, 0.717) is 18.0 Å². The summed E-state index contributed by atoms with van der Waals surface area (Å²) in [5.41, 5.74) is 2.23. The summed E-state index contributed by atoms with van der Waals surface area (Å²) in [6, 6.07) is 14.3. The normalized spacial score (nSPS) is 14.3. The number of rotatable bonds is 7. The maximum atomic E-state index is 12.2. The van der Waals surface area contributed by atoms with Crippen LogP contribution in [0.3, 0.4) is 0 Å². The number of hydrogen-bond acceptors (Lipinski definition) is 6. The molecule has 1 fully saturated rings. The summed E-state index contributed by atoms with van der Waals surface area (Å²) in [4.78, 5) is 14.6. The third-order valence-corrected chi connectivity index (χ3v) is 4.70. The van der Waals surface area contributed by atoms with Gasteiger partial charge < -0.3 is 20.1 Å². The van der Waals surface area contributed by atoms with E-state index in [2.05, 4.69) is 25.8 Å². The predicted octanol–water partition coefficient (Wildman–Crippen LogP) is 2.62. The molecule has 1 aromatic heterocycles. The molecule has 3 aromatic rings. The molecule has 0 radical (unpaired) electrons. The zero-order chi connectivity index (χ0) is 20.6. The van der Waals surface area contributed by atoms with Gasteiger partial charge in [-0.1, -0.05) is 5.21 Å². The van der Waals surface area contributed by atoms with Crippen LogP contribution in [0.25, 0.3) is 5.69 Å². The Morgan fingerprint density at radius 2 is 1.67 bits per heavy atom. The summed E-state index contributed by atoms with van der Waals surface area (Å²) in [6.07, 6.45) is 3.37. The molecule has 0 atom stereocenters. The van der Waals surface area contributed by atoms with Gasteiger partial charge in [-0.25, -0.2) is 9.48 Å². The Balaban J connectivity index is 1.22. The number of hydrogen-bond donors (Lipinski definition) is 2. The molecule has 4 rings (SSSR count). The second-order valence-electron chi connectivity index (χ2n) is 6.80. The van der Waals surface area contributed by atoms with Gasteiger partial charge in [0.1, 0.15) is 12.4 Å². The van der Waals surface area contributed by atoms with E-state index in [1.165, 1.54) is 0 Å². The van der Waals surface area contributed by atoms with Crippen molar-refractivity contribution in [2.24, 2.45) is 0 Å². The van der Waals surface area contributed by atoms with Gasteiger partial charge in [0.25, 0.3) is 0 Å². The van der Waals surface area contributed by atoms with Gasteiger partial charge in [-0.2, -0.15) is 0 Å². The van der Waals surface area contributed by atoms with Crippen LogP contribution in [0.4, 0.5) is 16.2 Å². The highest BCUT2D eigenvalue weighted by atomic mass is 16.5. The number of benzene rings is 2. The first-order valence-electron chi connectivity index (χ1n) is 9.84. The van der Waals surface area contributed by atoms with Crippen LogP contribution in [0.15, 0.2) is 60.9 Å². The first-order chi connectivity index (χ1) is 14.8. The summed E-state index contributed by atoms with van der Waals surface area (Å²) < 4.78 is 12.8. The standard InChI is InChI=1S/C21H24N6O3/c28-21(23-17-1-5-19(6-2-17)27-10-9-22-25-27)24-18-3-7-20(8-4-18)30-16-13-26-11-14-29-15-12-26/h1-10H,11-16H2,(H2,23,24,28). The molecule has 9 nitrogen and oxygen atoms in total. The molecule has 2 aromatic carbocycles. The third-order valence-electron chi connectivity index (χ3n) is 4.70. The average Bonchev–Trinajstić information content (AvgIpc) is 3.31. The van der Waals surface area contributed by atoms with E-state index >= 15 is 0 Å². The summed E-state index contributed by atoms with van der Waals surface area (Å²) in [6.45, 7) is 4.97. The van der Waals surface area contributed by atoms with Crippen LogP contribution in [-0.4, -0.2) is 65.4 Å². The van der Waals surface area contributed by atoms with Crippen molar-refractivity contribution < 1.29 is 14.3 Å². The van der Waals surface area contributed by atoms with Crippen molar-refractivity contribution in [2.75, 3.05) is 50.1 Å². The summed E-state index contributed by atoms with van der Waals surface area (Å²) in [7, 11) is 0. The van der Waals surface area contributed by atoms with Gasteiger partial charge in [-0.05, 0) is 48.5 Å². The number of amides is 2. The van der Waals surface area contributed by atoms with Crippen molar-refractivity contribution >= 4 is 17.4 Å². The third kappa shape index (κ3) is 5.56. The SMILES string of the molecule is O=C(Nc1ccc(OCCN2CCOCC2)cc1)Nc1ccc(-n2ccnn2)cc1. The van der Waals surface area contributed by atoms with Crippen LogP contribution in [-0.2, 0) is 4.74 Å². The smallest absolute Gasteiger partial charge is 0.323 e. The molecule has 2 heterocycles. The molecule has 1 aliphatic rings. The first kappa shape index (κ1) is 19.9. The number of ether oxygens (including phenoxy) is 2. The van der Waals surface area contributed by atoms with Crippen LogP contribution in [0.1, 0.15) is 0 Å². The van der Waals surface area contributed by atoms with Crippen molar-refractivity contribution in [3.63, 3.8) is 0 Å². The second kappa shape index (κ2) is 9.86. The van der Waals surface area contributed by atoms with Crippen molar-refractivity contribution in [3.05, 3.63) is 60.9 Å². The van der Waals surface area contributed by atoms with Gasteiger partial charge >= 0.3 is 6.03 Å². The Hall–Kier alpha value is -3.43. The Morgan fingerprint density at radius 1 is 1.00 bits per heavy atom. The maximum absolute atomic E-state index is 12.2. The molecule has 0 unspecified atom stereocenters. The van der Waals surface area contributed by atoms with Crippen LogP contribution >= 0.6 is 0 Å². The van der Waals surface area contributed by atoms with Crippen LogP contribution in [0.5, 0.6) is 5.75 Å². The maximum Gasteiger partial charge on any atom is 0.323 e. The van der Waals surface area contributed by atoms with Crippen molar-refractivity contribution in [3.8, 4) is 11.4 Å². The van der Waals surface area contributed by atoms with E-state index in [9.17, 15) is 4.79 Å². The highest BCUT2D eigenvalue weighted by Gasteiger charge is 2.10. The number of carbonyl (C=O) groups is 1. The minimum atomic E-state index is -0.315. The minimum Gasteiger partial charge on any atom is -0.492 e. The van der Waals surface area contributed by atoms with Gasteiger partial charge in [0, 0.05) is 31.0 Å². The van der Waals surface area contributed by atoms with Gasteiger partial charge in [0.2, 0.25) is 0 Å². The van der Waals surface area contributed by atoms with Crippen LogP contribution < -0.4 is 15.4 Å². The molecule has 0 aliphatic carbocycles. The molecular formula is C21H24N6O3. The monoisotopic (exact) mass is 408 g/mol. The lowest BCUT2D eigenvalue weighted by Gasteiger charge is -2.26. The lowest BCUT2D eigenvalue weighted by molar-refractivity contribution is 0.0322. The number of morpholine rings is 1. The number of nitrogens with one attached hydrogen (secondary N) is 2. The number of aromatic nitrogens is 3. The average molecular weight is 408 g/mol. The van der Waals surface area contributed by atoms with E-state index in [4.69, 9.17) is 9.47 Å². The van der Waals surface area contributed by atoms with Gasteiger partial charge in [-0.15, -0.1) is 5.10 Å². The van der Waals surface area contributed by atoms with E-state index in [0.717, 1.165) is 44.3 Å². The van der Waals surface area contributed by atoms with Crippen LogP contribution in [0.2, 0.25) is 0 Å². The van der Waals surface area contributed by atoms with Crippen LogP contribution in [0, 0.1) is 0 Å². The number of nitrogens with zero attached hydrogens (tertiary/aromatic N) is 4. The highest BCUT2D eigenvalue weighted by Crippen LogP contribution is 2.17. The lowest BCUT2D eigenvalue weighted by Crippen LogP contribution is -2.38. The zero-order valence-corrected chi connectivity index (χ0v) is 16.5. The van der Waals surface area contributed by atoms with E-state index in [1.54, 1.807) is 17.1 Å². The molecule has 0 saturated carbocycles. The van der Waals surface area contributed by atoms with Crippen molar-refractivity contribution in [2.45, 2.75) is 0 Å². The minimum absolute atomic E-state index is 0.315. The van der Waals surface area contributed by atoms with Crippen molar-refractivity contribution in [1.29, 1.82) is 0 Å². The first-order valence-corrected chi connectivity index (χ1v) is 9.84. The quantitative estimate of drug-likeness (QED) is 0.624. The lowest BCUT2D eigenvalue weighted by atomic mass is 10.3. The van der Waals surface area contributed by atoms with Gasteiger partial charge in [0.15, 0.2) is 0 Å². The Bertz CT molecular complexity index is 922. The number of carbonyl (C=O) groups excluding carboxylic acids is 1. The fraction of sp³-hybridized carbons (Fsp3) is 0.286. The Kier molecular flexibility index (Phi) is 6.53. The topological polar surface area (TPSA) is 93.5 Å². The van der Waals surface area contributed by atoms with E-state index in [-0.39, 0.29) is 6.03 Å². The molecule has 2 amide bonds. The van der Waals surface area contributed by atoms with E-state index in [1.807, 2.05) is 48.5 Å². The molecular weight excluding hydrogens is 384 g/mol. The molecule has 30 heavy (non-hydrogen) atoms. The molecule has 0 spiro atoms.